The van der Waals surface area contributed by atoms with Crippen molar-refractivity contribution in [3.05, 3.63) is 84.3 Å². The summed E-state index contributed by atoms with van der Waals surface area (Å²) in [5.74, 6) is 0.308. The molecule has 1 fully saturated rings. The van der Waals surface area contributed by atoms with Crippen LogP contribution in [0.2, 0.25) is 0 Å². The first-order valence-corrected chi connectivity index (χ1v) is 13.4. The smallest absolute Gasteiger partial charge is 0.416 e. The van der Waals surface area contributed by atoms with Gasteiger partial charge in [-0.15, -0.1) is 0 Å². The van der Waals surface area contributed by atoms with Gasteiger partial charge >= 0.3 is 12.1 Å². The first kappa shape index (κ1) is 29.0. The molecule has 42 heavy (non-hydrogen) atoms. The Balaban J connectivity index is 1.69. The molecule has 11 heteroatoms. The van der Waals surface area contributed by atoms with Crippen molar-refractivity contribution in [3.63, 3.8) is 0 Å². The van der Waals surface area contributed by atoms with Crippen molar-refractivity contribution >= 4 is 23.8 Å². The topological polar surface area (TPSA) is 102 Å². The second-order valence-corrected chi connectivity index (χ2v) is 11.1. The Kier molecular flexibility index (Phi) is 7.87. The largest absolute Gasteiger partial charge is 0.458 e. The molecule has 0 radical (unpaired) electrons. The molecular formula is C31H30F3N5O3. The highest BCUT2D eigenvalue weighted by molar-refractivity contribution is 5.80. The van der Waals surface area contributed by atoms with Crippen LogP contribution in [0.25, 0.3) is 28.8 Å². The number of aliphatic hydroxyl groups is 1. The molecule has 218 valence electrons. The predicted octanol–water partition coefficient (Wildman–Crippen LogP) is 6.60. The molecule has 1 aliphatic heterocycles. The van der Waals surface area contributed by atoms with Crippen molar-refractivity contribution in [1.82, 2.24) is 19.5 Å². The second-order valence-electron chi connectivity index (χ2n) is 11.1. The number of benzene rings is 2. The van der Waals surface area contributed by atoms with Crippen LogP contribution in [0.1, 0.15) is 45.0 Å². The molecular weight excluding hydrogens is 547 g/mol. The van der Waals surface area contributed by atoms with Crippen LogP contribution < -0.4 is 5.32 Å². The molecule has 0 amide bonds. The number of imidazole rings is 1. The number of halogens is 3. The summed E-state index contributed by atoms with van der Waals surface area (Å²) in [6.45, 7) is 5.81. The highest BCUT2D eigenvalue weighted by Crippen LogP contribution is 2.39. The number of ether oxygens (including phenoxy) is 1. The van der Waals surface area contributed by atoms with Gasteiger partial charge in [0, 0.05) is 35.5 Å². The number of alkyl halides is 3. The van der Waals surface area contributed by atoms with Gasteiger partial charge in [0.05, 0.1) is 29.5 Å². The molecule has 2 unspecified atom stereocenters. The lowest BCUT2D eigenvalue weighted by Crippen LogP contribution is -2.31. The quantitative estimate of drug-likeness (QED) is 0.249. The molecule has 2 N–H and O–H groups in total. The van der Waals surface area contributed by atoms with Crippen molar-refractivity contribution < 1.29 is 27.8 Å². The molecule has 2 aromatic carbocycles. The number of aliphatic hydroxyl groups excluding tert-OH is 1. The summed E-state index contributed by atoms with van der Waals surface area (Å²) in [6.07, 6.45) is -1.21. The average Bonchev–Trinajstić information content (AvgIpc) is 3.32. The van der Waals surface area contributed by atoms with E-state index in [0.717, 1.165) is 17.8 Å². The van der Waals surface area contributed by atoms with Crippen LogP contribution in [0.15, 0.2) is 72.9 Å². The molecule has 2 aromatic heterocycles. The van der Waals surface area contributed by atoms with Gasteiger partial charge in [0.2, 0.25) is 5.95 Å². The van der Waals surface area contributed by atoms with Crippen molar-refractivity contribution in [1.29, 1.82) is 0 Å². The van der Waals surface area contributed by atoms with E-state index in [1.807, 2.05) is 51.1 Å². The van der Waals surface area contributed by atoms with Crippen molar-refractivity contribution in [2.45, 2.75) is 57.4 Å². The summed E-state index contributed by atoms with van der Waals surface area (Å²) >= 11 is 0. The number of nitrogens with one attached hydrogen (secondary N) is 1. The zero-order valence-electron chi connectivity index (χ0n) is 23.3. The van der Waals surface area contributed by atoms with Crippen LogP contribution in [0.5, 0.6) is 0 Å². The molecule has 1 saturated heterocycles. The van der Waals surface area contributed by atoms with Gasteiger partial charge in [-0.3, -0.25) is 4.79 Å². The third-order valence-electron chi connectivity index (χ3n) is 6.61. The van der Waals surface area contributed by atoms with E-state index in [4.69, 9.17) is 9.72 Å². The van der Waals surface area contributed by atoms with E-state index in [2.05, 4.69) is 15.3 Å². The standard InChI is InChI=1S/C31H30F3N5O3/c1-30(2,3)28-38-26(24-12-14-35-29(37-24)36-21-10-5-4-6-11-21)27(19-8-7-9-20(16-19)31(32,33)34)39(28)15-13-23-17-22(40)18-25(41)42-23/h4-16,22-23,40H,17-18H2,1-3H3,(H,35,36,37)/b15-13+. The number of para-hydroxylation sites is 1. The number of carbonyl (C=O) groups is 1. The zero-order valence-corrected chi connectivity index (χ0v) is 23.3. The molecule has 1 aliphatic rings. The maximum Gasteiger partial charge on any atom is 0.416 e. The van der Waals surface area contributed by atoms with Crippen LogP contribution in [0.3, 0.4) is 0 Å². The Labute approximate surface area is 240 Å². The molecule has 0 aliphatic carbocycles. The first-order valence-electron chi connectivity index (χ1n) is 13.4. The Morgan fingerprint density at radius 1 is 1.05 bits per heavy atom. The van der Waals surface area contributed by atoms with Gasteiger partial charge < -0.3 is 19.7 Å². The van der Waals surface area contributed by atoms with E-state index in [0.29, 0.717) is 28.9 Å². The number of nitrogens with zero attached hydrogens (tertiary/aromatic N) is 4. The number of rotatable bonds is 6. The van der Waals surface area contributed by atoms with Gasteiger partial charge in [0.1, 0.15) is 17.6 Å². The third-order valence-corrected chi connectivity index (χ3v) is 6.61. The third kappa shape index (κ3) is 6.52. The molecule has 0 bridgehead atoms. The average molecular weight is 578 g/mol. The van der Waals surface area contributed by atoms with Gasteiger partial charge in [-0.25, -0.2) is 15.0 Å². The summed E-state index contributed by atoms with van der Waals surface area (Å²) in [6, 6.07) is 16.0. The number of hydrogen-bond acceptors (Lipinski definition) is 7. The fraction of sp³-hybridized carbons (Fsp3) is 0.290. The molecule has 5 rings (SSSR count). The molecule has 0 spiro atoms. The molecule has 4 aromatic rings. The van der Waals surface area contributed by atoms with E-state index >= 15 is 0 Å². The van der Waals surface area contributed by atoms with Crippen molar-refractivity contribution in [2.24, 2.45) is 0 Å². The SMILES string of the molecule is CC(C)(C)c1nc(-c2ccnc(Nc3ccccc3)n2)c(-c2cccc(C(F)(F)F)c2)n1/C=C/C1CC(O)CC(=O)O1. The summed E-state index contributed by atoms with van der Waals surface area (Å²) in [7, 11) is 0. The predicted molar refractivity (Wildman–Crippen MR) is 153 cm³/mol. The van der Waals surface area contributed by atoms with Crippen LogP contribution in [-0.4, -0.2) is 42.8 Å². The lowest BCUT2D eigenvalue weighted by molar-refractivity contribution is -0.156. The Morgan fingerprint density at radius 3 is 2.50 bits per heavy atom. The lowest BCUT2D eigenvalue weighted by Gasteiger charge is -2.24. The second kappa shape index (κ2) is 11.4. The summed E-state index contributed by atoms with van der Waals surface area (Å²) < 4.78 is 48.4. The molecule has 2 atom stereocenters. The first-order chi connectivity index (χ1) is 19.9. The van der Waals surface area contributed by atoms with Crippen LogP contribution >= 0.6 is 0 Å². The number of esters is 1. The summed E-state index contributed by atoms with van der Waals surface area (Å²) in [5, 5.41) is 13.2. The lowest BCUT2D eigenvalue weighted by atomic mass is 9.95. The molecule has 0 saturated carbocycles. The minimum atomic E-state index is -4.56. The van der Waals surface area contributed by atoms with Crippen LogP contribution in [-0.2, 0) is 21.1 Å². The van der Waals surface area contributed by atoms with Crippen LogP contribution in [0.4, 0.5) is 24.8 Å². The summed E-state index contributed by atoms with van der Waals surface area (Å²) in [5.41, 5.74) is 0.786. The van der Waals surface area contributed by atoms with Crippen LogP contribution in [0, 0.1) is 0 Å². The fourth-order valence-corrected chi connectivity index (χ4v) is 4.71. The normalized spacial score (nSPS) is 17.8. The minimum absolute atomic E-state index is 0.0879. The van der Waals surface area contributed by atoms with Crippen molar-refractivity contribution in [2.75, 3.05) is 5.32 Å². The number of hydrogen-bond donors (Lipinski definition) is 2. The number of aromatic nitrogens is 4. The zero-order chi connectivity index (χ0) is 30.1. The maximum absolute atomic E-state index is 13.8. The van der Waals surface area contributed by atoms with Gasteiger partial charge in [-0.1, -0.05) is 51.1 Å². The molecule has 8 nitrogen and oxygen atoms in total. The van der Waals surface area contributed by atoms with Gasteiger partial charge in [-0.05, 0) is 36.4 Å². The van der Waals surface area contributed by atoms with Gasteiger partial charge in [0.25, 0.3) is 0 Å². The van der Waals surface area contributed by atoms with Gasteiger partial charge in [-0.2, -0.15) is 13.2 Å². The number of cyclic esters (lactones) is 1. The van der Waals surface area contributed by atoms with E-state index in [1.54, 1.807) is 35.2 Å². The van der Waals surface area contributed by atoms with E-state index in [-0.39, 0.29) is 18.4 Å². The van der Waals surface area contributed by atoms with E-state index < -0.39 is 35.3 Å². The highest BCUT2D eigenvalue weighted by atomic mass is 19.4. The Morgan fingerprint density at radius 2 is 1.81 bits per heavy atom. The fourth-order valence-electron chi connectivity index (χ4n) is 4.71. The Bertz CT molecular complexity index is 1610. The van der Waals surface area contributed by atoms with Gasteiger partial charge in [0.15, 0.2) is 0 Å². The van der Waals surface area contributed by atoms with Crippen molar-refractivity contribution in [3.8, 4) is 22.6 Å². The maximum atomic E-state index is 13.8. The minimum Gasteiger partial charge on any atom is -0.458 e. The number of anilines is 2. The van der Waals surface area contributed by atoms with E-state index in [9.17, 15) is 23.1 Å². The molecule has 3 heterocycles. The van der Waals surface area contributed by atoms with E-state index in [1.165, 1.54) is 6.07 Å². The highest BCUT2D eigenvalue weighted by Gasteiger charge is 2.33. The Hall–Kier alpha value is -4.51. The monoisotopic (exact) mass is 577 g/mol. The summed E-state index contributed by atoms with van der Waals surface area (Å²) in [4.78, 5) is 25.8. The number of carbonyl (C=O) groups excluding carboxylic acids is 1.